The number of benzene rings is 1. The molecule has 0 atom stereocenters. The fourth-order valence-corrected chi connectivity index (χ4v) is 4.75. The molecular formula is C19H28FN3O4S. The summed E-state index contributed by atoms with van der Waals surface area (Å²) in [7, 11) is -3.41. The van der Waals surface area contributed by atoms with Crippen LogP contribution in [0, 0.1) is 11.7 Å². The first-order valence-electron chi connectivity index (χ1n) is 9.69. The Hall–Kier alpha value is -1.87. The van der Waals surface area contributed by atoms with Crippen molar-refractivity contribution in [1.82, 2.24) is 9.80 Å². The van der Waals surface area contributed by atoms with E-state index in [2.05, 4.69) is 10.2 Å². The van der Waals surface area contributed by atoms with Crippen molar-refractivity contribution in [1.29, 1.82) is 0 Å². The number of carboxylic acid groups (broad SMARTS) is 1. The molecule has 2 fully saturated rings. The minimum Gasteiger partial charge on any atom is -0.465 e. The van der Waals surface area contributed by atoms with Gasteiger partial charge >= 0.3 is 6.09 Å². The molecule has 2 N–H and O–H groups in total. The maximum absolute atomic E-state index is 14.1. The van der Waals surface area contributed by atoms with Crippen LogP contribution in [0.15, 0.2) is 23.1 Å². The third-order valence-corrected chi connectivity index (χ3v) is 6.98. The number of rotatable bonds is 5. The highest BCUT2D eigenvalue weighted by Gasteiger charge is 2.29. The van der Waals surface area contributed by atoms with Gasteiger partial charge in [-0.2, -0.15) is 0 Å². The summed E-state index contributed by atoms with van der Waals surface area (Å²) in [6, 6.07) is 4.47. The van der Waals surface area contributed by atoms with Crippen molar-refractivity contribution in [2.45, 2.75) is 36.6 Å². The van der Waals surface area contributed by atoms with E-state index in [1.54, 1.807) is 0 Å². The lowest BCUT2D eigenvalue weighted by Crippen LogP contribution is -2.52. The molecule has 1 aromatic rings. The Morgan fingerprint density at radius 2 is 1.82 bits per heavy atom. The van der Waals surface area contributed by atoms with Crippen LogP contribution in [0.3, 0.4) is 0 Å². The highest BCUT2D eigenvalue weighted by Crippen LogP contribution is 2.29. The van der Waals surface area contributed by atoms with Crippen molar-refractivity contribution in [2.24, 2.45) is 5.92 Å². The Balaban J connectivity index is 1.44. The predicted octanol–water partition coefficient (Wildman–Crippen LogP) is 2.50. The van der Waals surface area contributed by atoms with Crippen LogP contribution < -0.4 is 5.32 Å². The first-order chi connectivity index (χ1) is 13.2. The molecule has 1 aromatic carbocycles. The molecule has 1 amide bonds. The number of nitrogens with zero attached hydrogens (tertiary/aromatic N) is 2. The van der Waals surface area contributed by atoms with Gasteiger partial charge in [-0.3, -0.25) is 4.90 Å². The maximum Gasteiger partial charge on any atom is 0.407 e. The standard InChI is InChI=1S/C19H28FN3O4S/c1-28(26,27)16-6-7-18(17(20)12-16)21-13-14-2-4-15(5-3-14)22-8-10-23(11-9-22)19(24)25/h6-7,12,14-15,21H,2-5,8-11,13H2,1H3,(H,24,25)/t14-,15-. The maximum atomic E-state index is 14.1. The van der Waals surface area contributed by atoms with E-state index >= 15 is 0 Å². The van der Waals surface area contributed by atoms with Gasteiger partial charge in [0.15, 0.2) is 9.84 Å². The quantitative estimate of drug-likeness (QED) is 0.771. The van der Waals surface area contributed by atoms with E-state index in [1.165, 1.54) is 17.0 Å². The molecule has 0 radical (unpaired) electrons. The van der Waals surface area contributed by atoms with Crippen LogP contribution in [0.1, 0.15) is 25.7 Å². The van der Waals surface area contributed by atoms with Crippen molar-refractivity contribution < 1.29 is 22.7 Å². The van der Waals surface area contributed by atoms with Crippen LogP contribution in [0.4, 0.5) is 14.9 Å². The van der Waals surface area contributed by atoms with E-state index in [1.807, 2.05) is 0 Å². The van der Waals surface area contributed by atoms with Gasteiger partial charge in [-0.15, -0.1) is 0 Å². The molecule has 0 spiro atoms. The number of amides is 1. The van der Waals surface area contributed by atoms with Gasteiger partial charge in [0.1, 0.15) is 5.82 Å². The van der Waals surface area contributed by atoms with Gasteiger partial charge in [0.25, 0.3) is 0 Å². The van der Waals surface area contributed by atoms with Crippen LogP contribution in [0.5, 0.6) is 0 Å². The molecule has 1 saturated carbocycles. The zero-order valence-electron chi connectivity index (χ0n) is 16.1. The van der Waals surface area contributed by atoms with Gasteiger partial charge < -0.3 is 15.3 Å². The number of carbonyl (C=O) groups is 1. The smallest absolute Gasteiger partial charge is 0.407 e. The molecule has 28 heavy (non-hydrogen) atoms. The summed E-state index contributed by atoms with van der Waals surface area (Å²) in [4.78, 5) is 14.9. The van der Waals surface area contributed by atoms with Crippen molar-refractivity contribution in [3.63, 3.8) is 0 Å². The second-order valence-electron chi connectivity index (χ2n) is 7.77. The van der Waals surface area contributed by atoms with E-state index in [4.69, 9.17) is 5.11 Å². The minimum absolute atomic E-state index is 0.0148. The molecule has 0 unspecified atom stereocenters. The molecule has 1 aliphatic heterocycles. The van der Waals surface area contributed by atoms with Crippen LogP contribution in [-0.4, -0.2) is 74.4 Å². The highest BCUT2D eigenvalue weighted by molar-refractivity contribution is 7.90. The number of halogens is 1. The number of hydrogen-bond acceptors (Lipinski definition) is 5. The summed E-state index contributed by atoms with van der Waals surface area (Å²) in [5.74, 6) is -0.0987. The summed E-state index contributed by atoms with van der Waals surface area (Å²) >= 11 is 0. The zero-order valence-corrected chi connectivity index (χ0v) is 16.9. The lowest BCUT2D eigenvalue weighted by atomic mass is 9.85. The van der Waals surface area contributed by atoms with Crippen LogP contribution in [0.25, 0.3) is 0 Å². The summed E-state index contributed by atoms with van der Waals surface area (Å²) in [5.41, 5.74) is 0.333. The number of sulfone groups is 1. The Morgan fingerprint density at radius 3 is 2.36 bits per heavy atom. The molecular weight excluding hydrogens is 385 g/mol. The fraction of sp³-hybridized carbons (Fsp3) is 0.632. The molecule has 1 saturated heterocycles. The van der Waals surface area contributed by atoms with Crippen LogP contribution in [-0.2, 0) is 9.84 Å². The third-order valence-electron chi connectivity index (χ3n) is 5.87. The van der Waals surface area contributed by atoms with Gasteiger partial charge in [-0.05, 0) is 49.8 Å². The summed E-state index contributed by atoms with van der Waals surface area (Å²) in [5, 5.41) is 12.2. The van der Waals surface area contributed by atoms with E-state index in [0.29, 0.717) is 37.3 Å². The SMILES string of the molecule is CS(=O)(=O)c1ccc(NC[C@H]2CC[C@H](N3CCN(C(=O)O)CC3)CC2)c(F)c1. The molecule has 9 heteroatoms. The van der Waals surface area contributed by atoms with Crippen molar-refractivity contribution in [3.05, 3.63) is 24.0 Å². The number of nitrogens with one attached hydrogen (secondary N) is 1. The molecule has 1 aliphatic carbocycles. The second-order valence-corrected chi connectivity index (χ2v) is 9.79. The Morgan fingerprint density at radius 1 is 1.18 bits per heavy atom. The Labute approximate surface area is 165 Å². The first kappa shape index (κ1) is 20.9. The summed E-state index contributed by atoms with van der Waals surface area (Å²) < 4.78 is 37.1. The summed E-state index contributed by atoms with van der Waals surface area (Å²) in [6.45, 7) is 3.38. The Kier molecular flexibility index (Phi) is 6.44. The first-order valence-corrected chi connectivity index (χ1v) is 11.6. The molecule has 2 aliphatic rings. The van der Waals surface area contributed by atoms with E-state index < -0.39 is 21.7 Å². The number of anilines is 1. The second kappa shape index (κ2) is 8.65. The van der Waals surface area contributed by atoms with Gasteiger partial charge in [-0.25, -0.2) is 17.6 Å². The number of hydrogen-bond donors (Lipinski definition) is 2. The largest absolute Gasteiger partial charge is 0.465 e. The Bertz CT molecular complexity index is 801. The lowest BCUT2D eigenvalue weighted by Gasteiger charge is -2.41. The molecule has 156 valence electrons. The van der Waals surface area contributed by atoms with Crippen LogP contribution >= 0.6 is 0 Å². The molecule has 7 nitrogen and oxygen atoms in total. The molecule has 1 heterocycles. The fourth-order valence-electron chi connectivity index (χ4n) is 4.12. The van der Waals surface area contributed by atoms with Gasteiger partial charge in [-0.1, -0.05) is 0 Å². The predicted molar refractivity (Wildman–Crippen MR) is 105 cm³/mol. The molecule has 3 rings (SSSR count). The van der Waals surface area contributed by atoms with E-state index in [-0.39, 0.29) is 4.90 Å². The van der Waals surface area contributed by atoms with Gasteiger partial charge in [0, 0.05) is 45.0 Å². The average molecular weight is 414 g/mol. The lowest BCUT2D eigenvalue weighted by molar-refractivity contribution is 0.0677. The minimum atomic E-state index is -3.41. The molecule has 0 aromatic heterocycles. The third kappa shape index (κ3) is 5.14. The van der Waals surface area contributed by atoms with Crippen LogP contribution in [0.2, 0.25) is 0 Å². The van der Waals surface area contributed by atoms with Gasteiger partial charge in [0.2, 0.25) is 0 Å². The summed E-state index contributed by atoms with van der Waals surface area (Å²) in [6.07, 6.45) is 4.43. The average Bonchev–Trinajstić information content (AvgIpc) is 2.67. The van der Waals surface area contributed by atoms with Crippen molar-refractivity contribution in [2.75, 3.05) is 44.3 Å². The molecule has 0 bridgehead atoms. The monoisotopic (exact) mass is 413 g/mol. The van der Waals surface area contributed by atoms with Crippen molar-refractivity contribution >= 4 is 21.6 Å². The topological polar surface area (TPSA) is 90.0 Å². The number of piperazine rings is 1. The van der Waals surface area contributed by atoms with E-state index in [0.717, 1.165) is 51.1 Å². The van der Waals surface area contributed by atoms with E-state index in [9.17, 15) is 17.6 Å². The van der Waals surface area contributed by atoms with Crippen molar-refractivity contribution in [3.8, 4) is 0 Å². The van der Waals surface area contributed by atoms with Gasteiger partial charge in [0.05, 0.1) is 10.6 Å². The zero-order chi connectivity index (χ0) is 20.3. The normalized spacial score (nSPS) is 24.1. The highest BCUT2D eigenvalue weighted by atomic mass is 32.2.